The minimum atomic E-state index is -1.74. The monoisotopic (exact) mass is 342 g/mol. The number of hydrogen-bond acceptors (Lipinski definition) is 11. The molecule has 11 nitrogen and oxygen atoms in total. The highest BCUT2D eigenvalue weighted by Crippen LogP contribution is 2.28. The molecule has 10 atom stereocenters. The molecule has 2 saturated heterocycles. The number of hydrogen-bond donors (Lipinski definition) is 8. The van der Waals surface area contributed by atoms with E-state index in [9.17, 15) is 35.7 Å². The van der Waals surface area contributed by atoms with Gasteiger partial charge in [0.25, 0.3) is 0 Å². The van der Waals surface area contributed by atoms with Crippen molar-refractivity contribution < 1.29 is 55.1 Å². The molecule has 0 spiro atoms. The molecular weight excluding hydrogens is 320 g/mol. The molecule has 8 N–H and O–H groups in total. The lowest BCUT2D eigenvalue weighted by Gasteiger charge is -2.45. The Balaban J connectivity index is 2.11. The third-order valence-corrected chi connectivity index (χ3v) is 3.98. The van der Waals surface area contributed by atoms with Crippen LogP contribution in [0.2, 0.25) is 0 Å². The Labute approximate surface area is 130 Å². The van der Waals surface area contributed by atoms with Crippen molar-refractivity contribution in [1.82, 2.24) is 0 Å². The van der Waals surface area contributed by atoms with Gasteiger partial charge in [-0.1, -0.05) is 0 Å². The van der Waals surface area contributed by atoms with Gasteiger partial charge in [-0.3, -0.25) is 0 Å². The van der Waals surface area contributed by atoms with Crippen molar-refractivity contribution in [2.45, 2.75) is 61.4 Å². The zero-order chi connectivity index (χ0) is 17.3. The van der Waals surface area contributed by atoms with E-state index in [1.165, 1.54) is 0 Å². The second-order valence-electron chi connectivity index (χ2n) is 5.53. The molecular formula is C12H22O11. The van der Waals surface area contributed by atoms with Crippen molar-refractivity contribution >= 4 is 0 Å². The summed E-state index contributed by atoms with van der Waals surface area (Å²) in [7, 11) is 0. The first kappa shape index (κ1) is 18.9. The highest BCUT2D eigenvalue weighted by atomic mass is 16.7. The third-order valence-electron chi connectivity index (χ3n) is 3.98. The lowest BCUT2D eigenvalue weighted by atomic mass is 9.97. The zero-order valence-electron chi connectivity index (χ0n) is 12.0. The number of aliphatic hydroxyl groups is 8. The van der Waals surface area contributed by atoms with Crippen molar-refractivity contribution in [2.75, 3.05) is 13.2 Å². The summed E-state index contributed by atoms with van der Waals surface area (Å²) in [5, 5.41) is 76.5. The molecule has 2 aliphatic heterocycles. The van der Waals surface area contributed by atoms with Gasteiger partial charge in [0.15, 0.2) is 12.6 Å². The van der Waals surface area contributed by atoms with E-state index in [0.29, 0.717) is 0 Å². The Morgan fingerprint density at radius 1 is 0.652 bits per heavy atom. The largest absolute Gasteiger partial charge is 0.394 e. The van der Waals surface area contributed by atoms with Crippen molar-refractivity contribution in [2.24, 2.45) is 0 Å². The summed E-state index contributed by atoms with van der Waals surface area (Å²) >= 11 is 0. The van der Waals surface area contributed by atoms with E-state index in [4.69, 9.17) is 19.3 Å². The van der Waals surface area contributed by atoms with Crippen LogP contribution in [0.4, 0.5) is 0 Å². The third kappa shape index (κ3) is 3.65. The summed E-state index contributed by atoms with van der Waals surface area (Å²) in [5.74, 6) is 0. The average molecular weight is 342 g/mol. The van der Waals surface area contributed by atoms with E-state index in [1.807, 2.05) is 0 Å². The molecule has 0 aromatic carbocycles. The van der Waals surface area contributed by atoms with Crippen LogP contribution in [0.1, 0.15) is 0 Å². The van der Waals surface area contributed by atoms with Crippen molar-refractivity contribution in [3.8, 4) is 0 Å². The van der Waals surface area contributed by atoms with E-state index in [1.54, 1.807) is 0 Å². The van der Waals surface area contributed by atoms with Gasteiger partial charge in [-0.05, 0) is 0 Å². The SMILES string of the molecule is OC[C@H]1O[C@@H](O[C@H]2[C@H](O)[C@H](O)C(O)O[C@@H]2CO)[C@@H](O)[C@@H](O)[C@@H]1O. The second-order valence-corrected chi connectivity index (χ2v) is 5.53. The molecule has 0 aromatic rings. The summed E-state index contributed by atoms with van der Waals surface area (Å²) in [4.78, 5) is 0. The van der Waals surface area contributed by atoms with Crippen LogP contribution in [-0.2, 0) is 14.2 Å². The number of aliphatic hydroxyl groups excluding tert-OH is 8. The van der Waals surface area contributed by atoms with Crippen LogP contribution in [0, 0.1) is 0 Å². The topological polar surface area (TPSA) is 190 Å². The predicted octanol–water partition coefficient (Wildman–Crippen LogP) is -5.40. The van der Waals surface area contributed by atoms with Gasteiger partial charge in [-0.25, -0.2) is 0 Å². The lowest BCUT2D eigenvalue weighted by Crippen LogP contribution is -2.64. The van der Waals surface area contributed by atoms with E-state index >= 15 is 0 Å². The molecule has 1 unspecified atom stereocenters. The predicted molar refractivity (Wildman–Crippen MR) is 68.6 cm³/mol. The molecule has 2 rings (SSSR count). The molecule has 0 aliphatic carbocycles. The highest BCUT2D eigenvalue weighted by molar-refractivity contribution is 4.93. The van der Waals surface area contributed by atoms with Gasteiger partial charge in [-0.15, -0.1) is 0 Å². The highest BCUT2D eigenvalue weighted by Gasteiger charge is 2.50. The Kier molecular flexibility index (Phi) is 6.27. The molecule has 0 bridgehead atoms. The average Bonchev–Trinajstić information content (AvgIpc) is 2.55. The normalized spacial score (nSPS) is 51.7. The quantitative estimate of drug-likeness (QED) is 0.243. The van der Waals surface area contributed by atoms with Gasteiger partial charge in [0.2, 0.25) is 0 Å². The van der Waals surface area contributed by atoms with Gasteiger partial charge in [0, 0.05) is 0 Å². The maximum absolute atomic E-state index is 9.94. The first-order valence-electron chi connectivity index (χ1n) is 7.08. The molecule has 11 heteroatoms. The Morgan fingerprint density at radius 2 is 1.26 bits per heavy atom. The fraction of sp³-hybridized carbons (Fsp3) is 1.00. The molecule has 2 fully saturated rings. The van der Waals surface area contributed by atoms with Crippen molar-refractivity contribution in [3.05, 3.63) is 0 Å². The van der Waals surface area contributed by atoms with Crippen molar-refractivity contribution in [1.29, 1.82) is 0 Å². The molecule has 136 valence electrons. The maximum atomic E-state index is 9.94. The lowest BCUT2D eigenvalue weighted by molar-refractivity contribution is -0.355. The van der Waals surface area contributed by atoms with Crippen LogP contribution in [0.15, 0.2) is 0 Å². The zero-order valence-corrected chi connectivity index (χ0v) is 12.0. The van der Waals surface area contributed by atoms with E-state index < -0.39 is 74.6 Å². The Hall–Kier alpha value is -0.440. The smallest absolute Gasteiger partial charge is 0.187 e. The number of ether oxygens (including phenoxy) is 3. The minimum absolute atomic E-state index is 0.667. The Morgan fingerprint density at radius 3 is 1.83 bits per heavy atom. The molecule has 2 heterocycles. The summed E-state index contributed by atoms with van der Waals surface area (Å²) < 4.78 is 15.3. The maximum Gasteiger partial charge on any atom is 0.187 e. The Bertz CT molecular complexity index is 378. The molecule has 0 radical (unpaired) electrons. The van der Waals surface area contributed by atoms with E-state index in [2.05, 4.69) is 0 Å². The van der Waals surface area contributed by atoms with E-state index in [0.717, 1.165) is 0 Å². The fourth-order valence-corrected chi connectivity index (χ4v) is 2.57. The van der Waals surface area contributed by atoms with Crippen LogP contribution in [0.25, 0.3) is 0 Å². The van der Waals surface area contributed by atoms with Crippen molar-refractivity contribution in [3.63, 3.8) is 0 Å². The molecule has 0 aromatic heterocycles. The van der Waals surface area contributed by atoms with Gasteiger partial charge in [-0.2, -0.15) is 0 Å². The minimum Gasteiger partial charge on any atom is -0.394 e. The summed E-state index contributed by atoms with van der Waals surface area (Å²) in [6.07, 6.45) is -15.6. The van der Waals surface area contributed by atoms with Gasteiger partial charge >= 0.3 is 0 Å². The van der Waals surface area contributed by atoms with Crippen LogP contribution in [0.5, 0.6) is 0 Å². The standard InChI is InChI=1S/C12H22O11/c13-1-3-5(15)6(16)9(19)12(22-3)23-10-4(2-14)21-11(20)8(18)7(10)17/h3-20H,1-2H2/t3-,4-,5-,6+,7-,8+,9+,10-,11?,12+/m1/s1. The fourth-order valence-electron chi connectivity index (χ4n) is 2.57. The first-order chi connectivity index (χ1) is 10.8. The summed E-state index contributed by atoms with van der Waals surface area (Å²) in [5.41, 5.74) is 0. The number of rotatable bonds is 4. The van der Waals surface area contributed by atoms with Gasteiger partial charge in [0.1, 0.15) is 48.8 Å². The molecule has 0 amide bonds. The van der Waals surface area contributed by atoms with Crippen LogP contribution in [-0.4, -0.2) is 115 Å². The van der Waals surface area contributed by atoms with Crippen LogP contribution in [0.3, 0.4) is 0 Å². The first-order valence-corrected chi connectivity index (χ1v) is 7.08. The van der Waals surface area contributed by atoms with Gasteiger partial charge in [0.05, 0.1) is 13.2 Å². The van der Waals surface area contributed by atoms with Crippen LogP contribution >= 0.6 is 0 Å². The molecule has 0 saturated carbocycles. The molecule has 2 aliphatic rings. The van der Waals surface area contributed by atoms with Gasteiger partial charge < -0.3 is 55.1 Å². The van der Waals surface area contributed by atoms with Crippen LogP contribution < -0.4 is 0 Å². The van der Waals surface area contributed by atoms with E-state index in [-0.39, 0.29) is 0 Å². The summed E-state index contributed by atoms with van der Waals surface area (Å²) in [6, 6.07) is 0. The molecule has 23 heavy (non-hydrogen) atoms. The summed E-state index contributed by atoms with van der Waals surface area (Å²) in [6.45, 7) is -1.35. The second kappa shape index (κ2) is 7.63.